The van der Waals surface area contributed by atoms with Gasteiger partial charge < -0.3 is 9.84 Å². The minimum Gasteiger partial charge on any atom is -0.394 e. The molecule has 0 unspecified atom stereocenters. The maximum absolute atomic E-state index is 12.3. The van der Waals surface area contributed by atoms with Gasteiger partial charge in [-0.3, -0.25) is 0 Å². The predicted octanol–water partition coefficient (Wildman–Crippen LogP) is 1.16. The molecule has 0 saturated carbocycles. The second kappa shape index (κ2) is 5.76. The van der Waals surface area contributed by atoms with Gasteiger partial charge in [-0.2, -0.15) is 0 Å². The fraction of sp³-hybridized carbons (Fsp3) is 0.500. The summed E-state index contributed by atoms with van der Waals surface area (Å²) in [5.41, 5.74) is -0.865. The zero-order valence-electron chi connectivity index (χ0n) is 10.3. The first-order chi connectivity index (χ1) is 8.99. The number of rotatable bonds is 4. The molecule has 0 aromatic heterocycles. The van der Waals surface area contributed by atoms with Crippen LogP contribution in [0.1, 0.15) is 12.8 Å². The fourth-order valence-electron chi connectivity index (χ4n) is 2.06. The van der Waals surface area contributed by atoms with E-state index >= 15 is 0 Å². The van der Waals surface area contributed by atoms with Gasteiger partial charge >= 0.3 is 0 Å². The molecule has 0 bridgehead atoms. The Morgan fingerprint density at radius 1 is 1.32 bits per heavy atom. The summed E-state index contributed by atoms with van der Waals surface area (Å²) in [6, 6.07) is 6.23. The van der Waals surface area contributed by atoms with Crippen molar-refractivity contribution >= 4 is 21.6 Å². The summed E-state index contributed by atoms with van der Waals surface area (Å²) in [4.78, 5) is 0.0241. The fourth-order valence-corrected chi connectivity index (χ4v) is 4.03. The van der Waals surface area contributed by atoms with Crippen LogP contribution < -0.4 is 4.72 Å². The highest BCUT2D eigenvalue weighted by Crippen LogP contribution is 2.26. The lowest BCUT2D eigenvalue weighted by Crippen LogP contribution is -2.54. The number of halogens is 1. The molecule has 1 aliphatic heterocycles. The van der Waals surface area contributed by atoms with Gasteiger partial charge in [0.15, 0.2) is 0 Å². The Morgan fingerprint density at radius 3 is 2.53 bits per heavy atom. The van der Waals surface area contributed by atoms with E-state index in [1.165, 1.54) is 12.1 Å². The number of sulfonamides is 1. The molecular formula is C12H16ClNO4S. The molecule has 0 radical (unpaired) electrons. The summed E-state index contributed by atoms with van der Waals surface area (Å²) >= 11 is 5.91. The van der Waals surface area contributed by atoms with Crippen LogP contribution in [0.5, 0.6) is 0 Å². The lowest BCUT2D eigenvalue weighted by molar-refractivity contribution is 0.0223. The van der Waals surface area contributed by atoms with E-state index in [9.17, 15) is 13.5 Å². The van der Waals surface area contributed by atoms with Crippen molar-refractivity contribution in [2.45, 2.75) is 23.3 Å². The normalized spacial score (nSPS) is 19.3. The van der Waals surface area contributed by atoms with E-state index in [-0.39, 0.29) is 16.5 Å². The molecule has 0 spiro atoms. The summed E-state index contributed by atoms with van der Waals surface area (Å²) < 4.78 is 32.4. The van der Waals surface area contributed by atoms with Crippen LogP contribution in [-0.2, 0) is 14.8 Å². The third-order valence-corrected chi connectivity index (χ3v) is 5.31. The molecule has 1 heterocycles. The van der Waals surface area contributed by atoms with E-state index in [1.54, 1.807) is 12.1 Å². The van der Waals surface area contributed by atoms with Crippen molar-refractivity contribution in [1.29, 1.82) is 0 Å². The molecule has 1 aromatic rings. The molecule has 0 amide bonds. The zero-order valence-corrected chi connectivity index (χ0v) is 11.9. The largest absolute Gasteiger partial charge is 0.394 e. The zero-order chi connectivity index (χ0) is 13.9. The average Bonchev–Trinajstić information content (AvgIpc) is 2.39. The lowest BCUT2D eigenvalue weighted by atomic mass is 9.93. The maximum atomic E-state index is 12.3. The van der Waals surface area contributed by atoms with Crippen molar-refractivity contribution in [3.8, 4) is 0 Å². The van der Waals surface area contributed by atoms with Gasteiger partial charge in [0.05, 0.1) is 17.2 Å². The van der Waals surface area contributed by atoms with E-state index in [0.29, 0.717) is 26.1 Å². The van der Waals surface area contributed by atoms with Crippen molar-refractivity contribution in [2.24, 2.45) is 0 Å². The van der Waals surface area contributed by atoms with E-state index in [4.69, 9.17) is 16.3 Å². The Kier molecular flexibility index (Phi) is 4.47. The number of hydrogen-bond acceptors (Lipinski definition) is 4. The first-order valence-electron chi connectivity index (χ1n) is 5.96. The molecule has 19 heavy (non-hydrogen) atoms. The number of nitrogens with one attached hydrogen (secondary N) is 1. The second-order valence-electron chi connectivity index (χ2n) is 4.59. The van der Waals surface area contributed by atoms with Gasteiger partial charge in [0, 0.05) is 13.2 Å². The van der Waals surface area contributed by atoms with Crippen LogP contribution in [0.2, 0.25) is 5.02 Å². The number of aliphatic hydroxyl groups is 1. The van der Waals surface area contributed by atoms with E-state index < -0.39 is 15.6 Å². The predicted molar refractivity (Wildman–Crippen MR) is 71.6 cm³/mol. The number of benzene rings is 1. The number of ether oxygens (including phenoxy) is 1. The SMILES string of the molecule is O=S(=O)(NC1(CO)CCOCC1)c1ccccc1Cl. The monoisotopic (exact) mass is 305 g/mol. The second-order valence-corrected chi connectivity index (χ2v) is 6.64. The Hall–Kier alpha value is -0.660. The van der Waals surface area contributed by atoms with Crippen LogP contribution in [0.15, 0.2) is 29.2 Å². The molecule has 1 saturated heterocycles. The molecule has 1 aromatic carbocycles. The third-order valence-electron chi connectivity index (χ3n) is 3.23. The number of hydrogen-bond donors (Lipinski definition) is 2. The molecule has 2 N–H and O–H groups in total. The lowest BCUT2D eigenvalue weighted by Gasteiger charge is -2.35. The van der Waals surface area contributed by atoms with E-state index in [1.807, 2.05) is 0 Å². The molecule has 2 rings (SSSR count). The highest BCUT2D eigenvalue weighted by atomic mass is 35.5. The smallest absolute Gasteiger partial charge is 0.242 e. The van der Waals surface area contributed by atoms with Crippen molar-refractivity contribution < 1.29 is 18.3 Å². The molecule has 7 heteroatoms. The van der Waals surface area contributed by atoms with Crippen molar-refractivity contribution in [3.05, 3.63) is 29.3 Å². The molecule has 106 valence electrons. The third kappa shape index (κ3) is 3.27. The van der Waals surface area contributed by atoms with E-state index in [0.717, 1.165) is 0 Å². The van der Waals surface area contributed by atoms with Gasteiger partial charge in [0.25, 0.3) is 0 Å². The molecule has 0 aliphatic carbocycles. The summed E-state index contributed by atoms with van der Waals surface area (Å²) in [6.07, 6.45) is 0.875. The Balaban J connectivity index is 2.28. The summed E-state index contributed by atoms with van der Waals surface area (Å²) in [5.74, 6) is 0. The quantitative estimate of drug-likeness (QED) is 0.875. The Bertz CT molecular complexity index is 540. The first-order valence-corrected chi connectivity index (χ1v) is 7.82. The highest BCUT2D eigenvalue weighted by Gasteiger charge is 2.37. The molecule has 1 aliphatic rings. The minimum atomic E-state index is -3.76. The number of aliphatic hydroxyl groups excluding tert-OH is 1. The van der Waals surface area contributed by atoms with Crippen LogP contribution >= 0.6 is 11.6 Å². The molecular weight excluding hydrogens is 290 g/mol. The van der Waals surface area contributed by atoms with Gasteiger partial charge in [-0.05, 0) is 25.0 Å². The van der Waals surface area contributed by atoms with Gasteiger partial charge in [-0.25, -0.2) is 13.1 Å². The van der Waals surface area contributed by atoms with Crippen LogP contribution in [0.4, 0.5) is 0 Å². The highest BCUT2D eigenvalue weighted by molar-refractivity contribution is 7.89. The van der Waals surface area contributed by atoms with Gasteiger partial charge in [-0.15, -0.1) is 0 Å². The summed E-state index contributed by atoms with van der Waals surface area (Å²) in [5, 5.41) is 9.67. The molecule has 1 fully saturated rings. The van der Waals surface area contributed by atoms with Gasteiger partial charge in [0.1, 0.15) is 4.90 Å². The maximum Gasteiger partial charge on any atom is 0.242 e. The van der Waals surface area contributed by atoms with Gasteiger partial charge in [0.2, 0.25) is 10.0 Å². The minimum absolute atomic E-state index is 0.0241. The molecule has 0 atom stereocenters. The van der Waals surface area contributed by atoms with Crippen LogP contribution in [0, 0.1) is 0 Å². The Labute approximate surface area is 117 Å². The van der Waals surface area contributed by atoms with Crippen molar-refractivity contribution in [3.63, 3.8) is 0 Å². The van der Waals surface area contributed by atoms with E-state index in [2.05, 4.69) is 4.72 Å². The van der Waals surface area contributed by atoms with Crippen molar-refractivity contribution in [2.75, 3.05) is 19.8 Å². The van der Waals surface area contributed by atoms with Gasteiger partial charge in [-0.1, -0.05) is 23.7 Å². The molecule has 5 nitrogen and oxygen atoms in total. The van der Waals surface area contributed by atoms with Crippen LogP contribution in [0.3, 0.4) is 0 Å². The average molecular weight is 306 g/mol. The van der Waals surface area contributed by atoms with Crippen molar-refractivity contribution in [1.82, 2.24) is 4.72 Å². The van der Waals surface area contributed by atoms with Crippen LogP contribution in [-0.4, -0.2) is 38.9 Å². The van der Waals surface area contributed by atoms with Crippen LogP contribution in [0.25, 0.3) is 0 Å². The topological polar surface area (TPSA) is 75.6 Å². The first kappa shape index (κ1) is 14.7. The standard InChI is InChI=1S/C12H16ClNO4S/c13-10-3-1-2-4-11(10)19(16,17)14-12(9-15)5-7-18-8-6-12/h1-4,14-15H,5-9H2. The summed E-state index contributed by atoms with van der Waals surface area (Å²) in [7, 11) is -3.76. The summed E-state index contributed by atoms with van der Waals surface area (Å²) in [6.45, 7) is 0.581. The Morgan fingerprint density at radius 2 is 1.95 bits per heavy atom.